The average molecular weight is 610 g/mol. The first-order valence-electron chi connectivity index (χ1n) is 14.3. The van der Waals surface area contributed by atoms with E-state index in [-0.39, 0.29) is 36.1 Å². The number of imidazole rings is 1. The molecule has 2 saturated heterocycles. The van der Waals surface area contributed by atoms with Crippen molar-refractivity contribution in [3.8, 4) is 17.2 Å². The molecule has 0 bridgehead atoms. The molecule has 4 aliphatic rings. The van der Waals surface area contributed by atoms with Crippen LogP contribution in [0.25, 0.3) is 5.57 Å². The molecule has 1 aromatic heterocycles. The molecule has 44 heavy (non-hydrogen) atoms. The van der Waals surface area contributed by atoms with Gasteiger partial charge in [-0.15, -0.1) is 0 Å². The maximum Gasteiger partial charge on any atom is 0.375 e. The van der Waals surface area contributed by atoms with Gasteiger partial charge in [0.05, 0.1) is 37.1 Å². The Hall–Kier alpha value is -4.44. The van der Waals surface area contributed by atoms with Crippen molar-refractivity contribution in [3.05, 3.63) is 47.0 Å². The molecule has 1 amide bonds. The lowest BCUT2D eigenvalue weighted by Gasteiger charge is -2.35. The zero-order valence-corrected chi connectivity index (χ0v) is 24.7. The molecule has 6 rings (SSSR count). The van der Waals surface area contributed by atoms with E-state index in [9.17, 15) is 19.5 Å². The Morgan fingerprint density at radius 3 is 2.84 bits per heavy atom. The summed E-state index contributed by atoms with van der Waals surface area (Å²) in [5.41, 5.74) is 6.37. The first-order valence-corrected chi connectivity index (χ1v) is 14.3. The van der Waals surface area contributed by atoms with Crippen molar-refractivity contribution >= 4 is 29.7 Å². The van der Waals surface area contributed by atoms with Gasteiger partial charge in [-0.25, -0.2) is 9.78 Å². The number of aldehydes is 1. The Morgan fingerprint density at radius 1 is 1.34 bits per heavy atom. The zero-order valence-electron chi connectivity index (χ0n) is 24.7. The monoisotopic (exact) mass is 609 g/mol. The van der Waals surface area contributed by atoms with E-state index in [2.05, 4.69) is 20.9 Å². The van der Waals surface area contributed by atoms with Gasteiger partial charge >= 0.3 is 5.97 Å². The fourth-order valence-electron chi connectivity index (χ4n) is 5.95. The van der Waals surface area contributed by atoms with Crippen molar-refractivity contribution < 1.29 is 38.4 Å². The van der Waals surface area contributed by atoms with Crippen LogP contribution in [0.5, 0.6) is 17.2 Å². The first kappa shape index (κ1) is 29.6. The highest BCUT2D eigenvalue weighted by atomic mass is 16.6. The van der Waals surface area contributed by atoms with Gasteiger partial charge in [-0.3, -0.25) is 26.0 Å². The van der Waals surface area contributed by atoms with E-state index < -0.39 is 36.2 Å². The van der Waals surface area contributed by atoms with Crippen LogP contribution in [0.1, 0.15) is 31.9 Å². The normalized spacial score (nSPS) is 25.1. The Morgan fingerprint density at radius 2 is 2.14 bits per heavy atom. The van der Waals surface area contributed by atoms with Gasteiger partial charge in [0, 0.05) is 42.6 Å². The molecule has 0 spiro atoms. The van der Waals surface area contributed by atoms with Crippen molar-refractivity contribution in [3.63, 3.8) is 0 Å². The summed E-state index contributed by atoms with van der Waals surface area (Å²) in [6.07, 6.45) is 4.37. The predicted octanol–water partition coefficient (Wildman–Crippen LogP) is -0.518. The largest absolute Gasteiger partial charge is 0.496 e. The number of nitrogens with zero attached hydrogens (tertiary/aromatic N) is 3. The number of fused-ring (bicyclic) bond motifs is 3. The Bertz CT molecular complexity index is 1580. The van der Waals surface area contributed by atoms with Crippen LogP contribution >= 0.6 is 0 Å². The average Bonchev–Trinajstić information content (AvgIpc) is 3.72. The minimum absolute atomic E-state index is 0.00619. The zero-order chi connectivity index (χ0) is 31.3. The number of hydrogen-bond donors (Lipinski definition) is 5. The molecular weight excluding hydrogens is 574 g/mol. The summed E-state index contributed by atoms with van der Waals surface area (Å²) < 4.78 is 25.0. The quantitative estimate of drug-likeness (QED) is 0.190. The van der Waals surface area contributed by atoms with Crippen LogP contribution in [0.2, 0.25) is 0 Å². The highest BCUT2D eigenvalue weighted by Gasteiger charge is 2.45. The lowest BCUT2D eigenvalue weighted by molar-refractivity contribution is -0.141. The molecule has 4 atom stereocenters. The van der Waals surface area contributed by atoms with E-state index in [1.807, 2.05) is 9.47 Å². The number of ether oxygens (including phenoxy) is 4. The second-order valence-corrected chi connectivity index (χ2v) is 11.3. The molecular formula is C29H35N7O8. The molecule has 15 heteroatoms. The summed E-state index contributed by atoms with van der Waals surface area (Å²) in [5, 5.41) is 19.7. The number of allylic oxidation sites excluding steroid dienone is 3. The van der Waals surface area contributed by atoms with Crippen molar-refractivity contribution in [2.24, 2.45) is 5.73 Å². The van der Waals surface area contributed by atoms with Gasteiger partial charge < -0.3 is 38.8 Å². The first-order chi connectivity index (χ1) is 21.0. The predicted molar refractivity (Wildman–Crippen MR) is 155 cm³/mol. The van der Waals surface area contributed by atoms with Gasteiger partial charge in [0.1, 0.15) is 41.8 Å². The van der Waals surface area contributed by atoms with Gasteiger partial charge in [-0.05, 0) is 20.8 Å². The van der Waals surface area contributed by atoms with Crippen LogP contribution in [0.4, 0.5) is 5.95 Å². The second-order valence-electron chi connectivity index (χ2n) is 11.3. The Balaban J connectivity index is 1.42. The van der Waals surface area contributed by atoms with Crippen molar-refractivity contribution in [2.75, 3.05) is 25.3 Å². The van der Waals surface area contributed by atoms with Gasteiger partial charge in [0.25, 0.3) is 0 Å². The van der Waals surface area contributed by atoms with Crippen molar-refractivity contribution in [1.29, 1.82) is 0 Å². The van der Waals surface area contributed by atoms with Crippen molar-refractivity contribution in [2.45, 2.75) is 63.9 Å². The highest BCUT2D eigenvalue weighted by Crippen LogP contribution is 2.51. The Labute approximate surface area is 253 Å². The van der Waals surface area contributed by atoms with Crippen LogP contribution in [-0.2, 0) is 32.1 Å². The van der Waals surface area contributed by atoms with Gasteiger partial charge in [0.2, 0.25) is 17.6 Å². The molecule has 1 aromatic carbocycles. The number of esters is 1. The topological polar surface area (TPSA) is 192 Å². The van der Waals surface area contributed by atoms with E-state index in [1.165, 1.54) is 7.11 Å². The lowest BCUT2D eigenvalue weighted by Crippen LogP contribution is -2.70. The molecule has 0 aliphatic carbocycles. The summed E-state index contributed by atoms with van der Waals surface area (Å²) >= 11 is 0. The number of methoxy groups -OCH3 is 1. The van der Waals surface area contributed by atoms with Crippen LogP contribution < -0.4 is 40.8 Å². The number of benzene rings is 1. The number of nitrogens with one attached hydrogen (secondary N) is 3. The molecule has 4 aliphatic heterocycles. The number of carbonyl (C=O) groups excluding carboxylic acids is 3. The summed E-state index contributed by atoms with van der Waals surface area (Å²) in [4.78, 5) is 44.5. The molecule has 234 valence electrons. The SMILES string of the molecule is CCOC(=O)C1=C(C=O)C(=CCn2ccnc2N2CNC3C(=O)NC(N)NC32)c2c(cc3c(c2OC)CC(C(C)(C)O)O3)O1. The minimum Gasteiger partial charge on any atom is -0.496 e. The third-order valence-corrected chi connectivity index (χ3v) is 8.06. The molecule has 0 saturated carbocycles. The standard InChI is InChI=1S/C29H35N7O8/c1-5-42-26(39)23-16(12-37)14(20-18(44-23)11-17-15(22(20)41-4)10-19(43-17)29(2,3)40)6-8-35-9-7-31-28(35)36-13-32-21-24(36)33-27(30)34-25(21)38/h6-7,9,11-12,19,21,24,27,32-33,40H,5,8,10,13,30H2,1-4H3,(H,34,38). The van der Waals surface area contributed by atoms with Crippen molar-refractivity contribution in [1.82, 2.24) is 25.5 Å². The maximum atomic E-state index is 13.0. The smallest absolute Gasteiger partial charge is 0.375 e. The molecule has 4 unspecified atom stereocenters. The van der Waals surface area contributed by atoms with Gasteiger partial charge in [-0.2, -0.15) is 0 Å². The van der Waals surface area contributed by atoms with Crippen LogP contribution in [0.15, 0.2) is 35.9 Å². The number of aliphatic hydroxyl groups is 1. The molecule has 6 N–H and O–H groups in total. The summed E-state index contributed by atoms with van der Waals surface area (Å²) in [5.74, 6) is 0.362. The van der Waals surface area contributed by atoms with E-state index >= 15 is 0 Å². The third kappa shape index (κ3) is 4.96. The summed E-state index contributed by atoms with van der Waals surface area (Å²) in [7, 11) is 1.50. The fraction of sp³-hybridized carbons (Fsp3) is 0.448. The molecule has 2 aromatic rings. The molecule has 0 radical (unpaired) electrons. The Kier molecular flexibility index (Phi) is 7.57. The number of aromatic nitrogens is 2. The number of carbonyl (C=O) groups is 3. The van der Waals surface area contributed by atoms with Crippen LogP contribution in [0, 0.1) is 0 Å². The lowest BCUT2D eigenvalue weighted by atomic mass is 9.89. The summed E-state index contributed by atoms with van der Waals surface area (Å²) in [6, 6.07) is 1.11. The third-order valence-electron chi connectivity index (χ3n) is 8.06. The van der Waals surface area contributed by atoms with Gasteiger partial charge in [-0.1, -0.05) is 6.08 Å². The molecule has 15 nitrogen and oxygen atoms in total. The fourth-order valence-corrected chi connectivity index (χ4v) is 5.95. The second kappa shape index (κ2) is 11.2. The van der Waals surface area contributed by atoms with E-state index in [0.29, 0.717) is 53.5 Å². The number of nitrogens with two attached hydrogens (primary N) is 1. The number of hydrogen-bond acceptors (Lipinski definition) is 13. The maximum absolute atomic E-state index is 13.0. The van der Waals surface area contributed by atoms with E-state index in [4.69, 9.17) is 24.7 Å². The molecule has 5 heterocycles. The van der Waals surface area contributed by atoms with Gasteiger partial charge in [0.15, 0.2) is 6.29 Å². The van der Waals surface area contributed by atoms with E-state index in [1.54, 1.807) is 45.3 Å². The number of rotatable bonds is 8. The minimum atomic E-state index is -1.15. The molecule has 2 fully saturated rings. The number of anilines is 1. The summed E-state index contributed by atoms with van der Waals surface area (Å²) in [6.45, 7) is 5.60. The highest BCUT2D eigenvalue weighted by molar-refractivity contribution is 6.09. The van der Waals surface area contributed by atoms with E-state index in [0.717, 1.165) is 0 Å². The number of amides is 1. The van der Waals surface area contributed by atoms with Crippen LogP contribution in [0.3, 0.4) is 0 Å². The van der Waals surface area contributed by atoms with Crippen LogP contribution in [-0.4, -0.2) is 83.4 Å².